The molecule has 3 heteroatoms. The highest BCUT2D eigenvalue weighted by Gasteiger charge is 2.12. The minimum atomic E-state index is 0.199. The number of hydrogen-bond donors (Lipinski definition) is 1. The van der Waals surface area contributed by atoms with Gasteiger partial charge in [-0.25, -0.2) is 0 Å². The summed E-state index contributed by atoms with van der Waals surface area (Å²) in [7, 11) is 0. The Morgan fingerprint density at radius 1 is 1.05 bits per heavy atom. The van der Waals surface area contributed by atoms with Gasteiger partial charge in [0.15, 0.2) is 0 Å². The third kappa shape index (κ3) is 3.26. The fourth-order valence-corrected chi connectivity index (χ4v) is 2.62. The molecule has 21 heavy (non-hydrogen) atoms. The summed E-state index contributed by atoms with van der Waals surface area (Å²) in [5, 5.41) is 6.05. The lowest BCUT2D eigenvalue weighted by atomic mass is 10.00. The first-order valence-electron chi connectivity index (χ1n) is 7.34. The number of aromatic nitrogens is 2. The van der Waals surface area contributed by atoms with Crippen molar-refractivity contribution in [2.24, 2.45) is 0 Å². The summed E-state index contributed by atoms with van der Waals surface area (Å²) in [6.45, 7) is 3.03. The standard InChI is InChI=1S/C18H19N3/c1-2-20-17(18-13-19-9-10-21-18)12-14-7-8-15-5-3-4-6-16(15)11-14/h3-11,13,17,20H,2,12H2,1H3. The number of benzene rings is 2. The molecule has 106 valence electrons. The molecule has 0 amide bonds. The van der Waals surface area contributed by atoms with Gasteiger partial charge in [-0.1, -0.05) is 49.4 Å². The van der Waals surface area contributed by atoms with Gasteiger partial charge in [0.2, 0.25) is 0 Å². The quantitative estimate of drug-likeness (QED) is 0.775. The molecule has 0 fully saturated rings. The number of nitrogens with zero attached hydrogens (tertiary/aromatic N) is 2. The van der Waals surface area contributed by atoms with Crippen LogP contribution in [0.25, 0.3) is 10.8 Å². The molecule has 1 heterocycles. The van der Waals surface area contributed by atoms with E-state index in [1.165, 1.54) is 16.3 Å². The average molecular weight is 277 g/mol. The van der Waals surface area contributed by atoms with Crippen LogP contribution in [0.3, 0.4) is 0 Å². The summed E-state index contributed by atoms with van der Waals surface area (Å²) in [6, 6.07) is 15.3. The maximum atomic E-state index is 4.43. The van der Waals surface area contributed by atoms with Crippen molar-refractivity contribution in [1.29, 1.82) is 0 Å². The topological polar surface area (TPSA) is 37.8 Å². The highest BCUT2D eigenvalue weighted by Crippen LogP contribution is 2.20. The third-order valence-electron chi connectivity index (χ3n) is 3.64. The van der Waals surface area contributed by atoms with Gasteiger partial charge >= 0.3 is 0 Å². The summed E-state index contributed by atoms with van der Waals surface area (Å²) < 4.78 is 0. The van der Waals surface area contributed by atoms with Crippen molar-refractivity contribution in [3.8, 4) is 0 Å². The molecule has 1 atom stereocenters. The van der Waals surface area contributed by atoms with Gasteiger partial charge in [-0.3, -0.25) is 9.97 Å². The van der Waals surface area contributed by atoms with Crippen LogP contribution in [0.2, 0.25) is 0 Å². The Kier molecular flexibility index (Phi) is 4.22. The molecule has 3 aromatic rings. The van der Waals surface area contributed by atoms with Gasteiger partial charge in [-0.05, 0) is 29.3 Å². The van der Waals surface area contributed by atoms with Crippen molar-refractivity contribution < 1.29 is 0 Å². The Bertz CT molecular complexity index is 710. The predicted molar refractivity (Wildman–Crippen MR) is 86.1 cm³/mol. The molecule has 0 aliphatic rings. The zero-order valence-corrected chi connectivity index (χ0v) is 12.2. The summed E-state index contributed by atoms with van der Waals surface area (Å²) in [5.41, 5.74) is 2.30. The van der Waals surface area contributed by atoms with Crippen LogP contribution in [0.4, 0.5) is 0 Å². The van der Waals surface area contributed by atoms with E-state index in [-0.39, 0.29) is 6.04 Å². The van der Waals surface area contributed by atoms with E-state index in [0.29, 0.717) is 0 Å². The smallest absolute Gasteiger partial charge is 0.0759 e. The lowest BCUT2D eigenvalue weighted by molar-refractivity contribution is 0.535. The molecule has 0 radical (unpaired) electrons. The minimum absolute atomic E-state index is 0.199. The first-order valence-corrected chi connectivity index (χ1v) is 7.34. The Morgan fingerprint density at radius 3 is 2.67 bits per heavy atom. The van der Waals surface area contributed by atoms with E-state index in [0.717, 1.165) is 18.7 Å². The van der Waals surface area contributed by atoms with Crippen molar-refractivity contribution in [2.45, 2.75) is 19.4 Å². The molecule has 1 N–H and O–H groups in total. The second-order valence-corrected chi connectivity index (χ2v) is 5.13. The number of nitrogens with one attached hydrogen (secondary N) is 1. The van der Waals surface area contributed by atoms with E-state index in [4.69, 9.17) is 0 Å². The average Bonchev–Trinajstić information content (AvgIpc) is 2.55. The molecule has 0 aliphatic carbocycles. The third-order valence-corrected chi connectivity index (χ3v) is 3.64. The van der Waals surface area contributed by atoms with Gasteiger partial charge in [0.25, 0.3) is 0 Å². The molecule has 0 spiro atoms. The molecule has 1 aromatic heterocycles. The highest BCUT2D eigenvalue weighted by molar-refractivity contribution is 5.83. The van der Waals surface area contributed by atoms with Crippen molar-refractivity contribution in [1.82, 2.24) is 15.3 Å². The van der Waals surface area contributed by atoms with Gasteiger partial charge in [0, 0.05) is 18.6 Å². The van der Waals surface area contributed by atoms with Gasteiger partial charge in [-0.15, -0.1) is 0 Å². The Labute approximate surface area is 125 Å². The van der Waals surface area contributed by atoms with Crippen LogP contribution in [0.15, 0.2) is 61.1 Å². The second-order valence-electron chi connectivity index (χ2n) is 5.13. The van der Waals surface area contributed by atoms with Crippen molar-refractivity contribution >= 4 is 10.8 Å². The van der Waals surface area contributed by atoms with Crippen LogP contribution in [-0.2, 0) is 6.42 Å². The molecule has 3 rings (SSSR count). The second kappa shape index (κ2) is 6.46. The minimum Gasteiger partial charge on any atom is -0.309 e. The van der Waals surface area contributed by atoms with Gasteiger partial charge < -0.3 is 5.32 Å². The van der Waals surface area contributed by atoms with E-state index in [1.807, 2.05) is 6.20 Å². The maximum absolute atomic E-state index is 4.43. The Morgan fingerprint density at radius 2 is 1.90 bits per heavy atom. The summed E-state index contributed by atoms with van der Waals surface area (Å²) >= 11 is 0. The van der Waals surface area contributed by atoms with E-state index in [2.05, 4.69) is 64.7 Å². The lowest BCUT2D eigenvalue weighted by Crippen LogP contribution is -2.24. The lowest BCUT2D eigenvalue weighted by Gasteiger charge is -2.17. The van der Waals surface area contributed by atoms with Crippen molar-refractivity contribution in [2.75, 3.05) is 6.54 Å². The normalized spacial score (nSPS) is 12.4. The molecular formula is C18H19N3. The zero-order chi connectivity index (χ0) is 14.5. The fraction of sp³-hybridized carbons (Fsp3) is 0.222. The summed E-state index contributed by atoms with van der Waals surface area (Å²) in [4.78, 5) is 8.61. The van der Waals surface area contributed by atoms with Crippen LogP contribution in [-0.4, -0.2) is 16.5 Å². The first kappa shape index (κ1) is 13.7. The van der Waals surface area contributed by atoms with Crippen molar-refractivity contribution in [3.05, 3.63) is 72.3 Å². The maximum Gasteiger partial charge on any atom is 0.0759 e. The molecule has 0 aliphatic heterocycles. The van der Waals surface area contributed by atoms with Crippen LogP contribution in [0, 0.1) is 0 Å². The Balaban J connectivity index is 1.87. The number of hydrogen-bond acceptors (Lipinski definition) is 3. The summed E-state index contributed by atoms with van der Waals surface area (Å²) in [5.74, 6) is 0. The number of fused-ring (bicyclic) bond motifs is 1. The first-order chi connectivity index (χ1) is 10.4. The predicted octanol–water partition coefficient (Wildman–Crippen LogP) is 3.52. The van der Waals surface area contributed by atoms with Crippen LogP contribution in [0.1, 0.15) is 24.2 Å². The van der Waals surface area contributed by atoms with Gasteiger partial charge in [-0.2, -0.15) is 0 Å². The monoisotopic (exact) mass is 277 g/mol. The van der Waals surface area contributed by atoms with E-state index in [9.17, 15) is 0 Å². The zero-order valence-electron chi connectivity index (χ0n) is 12.2. The molecule has 0 saturated heterocycles. The molecule has 0 saturated carbocycles. The summed E-state index contributed by atoms with van der Waals surface area (Å²) in [6.07, 6.45) is 6.22. The van der Waals surface area contributed by atoms with Crippen LogP contribution < -0.4 is 5.32 Å². The number of likely N-dealkylation sites (N-methyl/N-ethyl adjacent to an activating group) is 1. The molecule has 0 bridgehead atoms. The largest absolute Gasteiger partial charge is 0.309 e. The van der Waals surface area contributed by atoms with E-state index >= 15 is 0 Å². The molecular weight excluding hydrogens is 258 g/mol. The molecule has 1 unspecified atom stereocenters. The van der Waals surface area contributed by atoms with Gasteiger partial charge in [0.05, 0.1) is 11.7 Å². The van der Waals surface area contributed by atoms with Crippen molar-refractivity contribution in [3.63, 3.8) is 0 Å². The van der Waals surface area contributed by atoms with Crippen LogP contribution in [0.5, 0.6) is 0 Å². The van der Waals surface area contributed by atoms with Crippen LogP contribution >= 0.6 is 0 Å². The molecule has 2 aromatic carbocycles. The van der Waals surface area contributed by atoms with E-state index in [1.54, 1.807) is 12.4 Å². The van der Waals surface area contributed by atoms with E-state index < -0.39 is 0 Å². The Hall–Kier alpha value is -2.26. The van der Waals surface area contributed by atoms with Gasteiger partial charge in [0.1, 0.15) is 0 Å². The fourth-order valence-electron chi connectivity index (χ4n) is 2.62. The highest BCUT2D eigenvalue weighted by atomic mass is 14.9. The molecule has 3 nitrogen and oxygen atoms in total. The SMILES string of the molecule is CCNC(Cc1ccc2ccccc2c1)c1cnccn1. The number of rotatable bonds is 5.